The highest BCUT2D eigenvalue weighted by atomic mass is 35.5. The minimum Gasteiger partial charge on any atom is -0.481 e. The fraction of sp³-hybridized carbons (Fsp3) is 0.308. The minimum absolute atomic E-state index is 0.0181. The number of carbonyl (C=O) groups excluding carboxylic acids is 1. The van der Waals surface area contributed by atoms with Crippen molar-refractivity contribution in [3.63, 3.8) is 0 Å². The number of rotatable bonds is 7. The van der Waals surface area contributed by atoms with E-state index in [1.165, 1.54) is 12.1 Å². The zero-order valence-corrected chi connectivity index (χ0v) is 20.8. The number of nitrogens with zero attached hydrogens (tertiary/aromatic N) is 2. The molecule has 0 atom stereocenters. The molecule has 0 radical (unpaired) electrons. The molecular formula is C26H24Cl2F2N2O3. The smallest absolute Gasteiger partial charge is 0.303 e. The quantitative estimate of drug-likeness (QED) is 0.376. The second kappa shape index (κ2) is 9.28. The Bertz CT molecular complexity index is 1360. The maximum absolute atomic E-state index is 14.3. The first-order valence-corrected chi connectivity index (χ1v) is 11.8. The van der Waals surface area contributed by atoms with E-state index < -0.39 is 11.9 Å². The van der Waals surface area contributed by atoms with Gasteiger partial charge in [0.15, 0.2) is 0 Å². The summed E-state index contributed by atoms with van der Waals surface area (Å²) in [7, 11) is 1.78. The van der Waals surface area contributed by atoms with E-state index in [9.17, 15) is 18.4 Å². The third-order valence-corrected chi connectivity index (χ3v) is 7.38. The van der Waals surface area contributed by atoms with E-state index in [4.69, 9.17) is 28.3 Å². The largest absolute Gasteiger partial charge is 0.481 e. The van der Waals surface area contributed by atoms with Crippen molar-refractivity contribution in [2.45, 2.75) is 25.7 Å². The molecule has 2 aromatic carbocycles. The number of amides is 1. The van der Waals surface area contributed by atoms with Crippen LogP contribution in [0.2, 0.25) is 10.0 Å². The molecule has 0 saturated carbocycles. The molecule has 0 aliphatic carbocycles. The molecule has 184 valence electrons. The van der Waals surface area contributed by atoms with Crippen molar-refractivity contribution in [3.8, 4) is 0 Å². The summed E-state index contributed by atoms with van der Waals surface area (Å²) in [5, 5.41) is 10.4. The summed E-state index contributed by atoms with van der Waals surface area (Å²) in [6.45, 7) is 5.74. The highest BCUT2D eigenvalue weighted by Gasteiger charge is 2.34. The molecule has 9 heteroatoms. The van der Waals surface area contributed by atoms with Crippen molar-refractivity contribution in [2.75, 3.05) is 13.1 Å². The molecule has 1 aliphatic rings. The lowest BCUT2D eigenvalue weighted by Crippen LogP contribution is -2.50. The molecule has 35 heavy (non-hydrogen) atoms. The van der Waals surface area contributed by atoms with Gasteiger partial charge in [-0.05, 0) is 54.5 Å². The molecule has 1 amide bonds. The molecule has 0 unspecified atom stereocenters. The number of aromatic nitrogens is 1. The summed E-state index contributed by atoms with van der Waals surface area (Å²) in [4.78, 5) is 25.4. The summed E-state index contributed by atoms with van der Waals surface area (Å²) >= 11 is 13.1. The van der Waals surface area contributed by atoms with E-state index >= 15 is 0 Å². The Hall–Kier alpha value is -2.90. The summed E-state index contributed by atoms with van der Waals surface area (Å²) in [5.41, 5.74) is 2.85. The maximum atomic E-state index is 14.3. The first-order chi connectivity index (χ1) is 16.4. The number of allylic oxidation sites excluding steroid dienone is 1. The Balaban J connectivity index is 1.65. The standard InChI is InChI=1S/C26H24Cl2F2N2O3/c1-4-26(29,30)16-7-14(2)19-10-17(31(3)22(19)9-16)11-20-21(27)6-5-18(24(20)28)25(35)32-12-15(13-32)8-23(33)34/h4-7,9-10,15H,1,8,11-13H2,2-3H3,(H,33,34). The van der Waals surface area contributed by atoms with Crippen LogP contribution in [0.4, 0.5) is 8.78 Å². The number of aryl methyl sites for hydroxylation is 2. The van der Waals surface area contributed by atoms with E-state index in [0.717, 1.165) is 11.1 Å². The Morgan fingerprint density at radius 1 is 1.23 bits per heavy atom. The van der Waals surface area contributed by atoms with Gasteiger partial charge in [0.1, 0.15) is 0 Å². The van der Waals surface area contributed by atoms with Crippen LogP contribution in [0.5, 0.6) is 0 Å². The molecular weight excluding hydrogens is 497 g/mol. The number of fused-ring (bicyclic) bond motifs is 1. The molecule has 1 fully saturated rings. The molecule has 0 spiro atoms. The van der Waals surface area contributed by atoms with E-state index in [1.54, 1.807) is 31.0 Å². The first-order valence-electron chi connectivity index (χ1n) is 11.0. The minimum atomic E-state index is -3.15. The Morgan fingerprint density at radius 2 is 1.91 bits per heavy atom. The van der Waals surface area contributed by atoms with E-state index in [2.05, 4.69) is 6.58 Å². The molecule has 3 aromatic rings. The second-order valence-electron chi connectivity index (χ2n) is 8.99. The van der Waals surface area contributed by atoms with Crippen molar-refractivity contribution in [2.24, 2.45) is 13.0 Å². The maximum Gasteiger partial charge on any atom is 0.303 e. The Kier molecular flexibility index (Phi) is 6.68. The van der Waals surface area contributed by atoms with Gasteiger partial charge in [-0.15, -0.1) is 0 Å². The lowest BCUT2D eigenvalue weighted by molar-refractivity contribution is -0.139. The van der Waals surface area contributed by atoms with Crippen LogP contribution < -0.4 is 0 Å². The van der Waals surface area contributed by atoms with Crippen molar-refractivity contribution >= 4 is 46.0 Å². The summed E-state index contributed by atoms with van der Waals surface area (Å²) in [6.07, 6.45) is 0.935. The van der Waals surface area contributed by atoms with Gasteiger partial charge < -0.3 is 14.6 Å². The van der Waals surface area contributed by atoms with Crippen molar-refractivity contribution in [1.29, 1.82) is 0 Å². The predicted octanol–water partition coefficient (Wildman–Crippen LogP) is 6.21. The molecule has 1 N–H and O–H groups in total. The van der Waals surface area contributed by atoms with Crippen LogP contribution in [0.15, 0.2) is 43.0 Å². The van der Waals surface area contributed by atoms with E-state index in [-0.39, 0.29) is 35.3 Å². The number of carboxylic acids is 1. The van der Waals surface area contributed by atoms with Crippen LogP contribution in [-0.2, 0) is 24.2 Å². The number of halogens is 4. The zero-order chi connectivity index (χ0) is 25.7. The van der Waals surface area contributed by atoms with Crippen molar-refractivity contribution in [3.05, 3.63) is 81.0 Å². The van der Waals surface area contributed by atoms with Crippen LogP contribution in [0.3, 0.4) is 0 Å². The zero-order valence-electron chi connectivity index (χ0n) is 19.2. The van der Waals surface area contributed by atoms with Crippen LogP contribution in [0, 0.1) is 12.8 Å². The van der Waals surface area contributed by atoms with Gasteiger partial charge in [-0.1, -0.05) is 29.8 Å². The topological polar surface area (TPSA) is 62.5 Å². The molecule has 1 saturated heterocycles. The summed E-state index contributed by atoms with van der Waals surface area (Å²) in [6, 6.07) is 8.00. The molecule has 1 aliphatic heterocycles. The van der Waals surface area contributed by atoms with Gasteiger partial charge in [0, 0.05) is 59.7 Å². The Morgan fingerprint density at radius 3 is 2.54 bits per heavy atom. The van der Waals surface area contributed by atoms with Gasteiger partial charge >= 0.3 is 5.97 Å². The highest BCUT2D eigenvalue weighted by molar-refractivity contribution is 6.38. The van der Waals surface area contributed by atoms with Crippen LogP contribution in [0.1, 0.15) is 39.2 Å². The average molecular weight is 521 g/mol. The molecule has 0 bridgehead atoms. The van der Waals surface area contributed by atoms with Gasteiger partial charge in [-0.2, -0.15) is 8.78 Å². The van der Waals surface area contributed by atoms with Gasteiger partial charge in [0.2, 0.25) is 0 Å². The number of carboxylic acid groups (broad SMARTS) is 1. The van der Waals surface area contributed by atoms with Crippen molar-refractivity contribution in [1.82, 2.24) is 9.47 Å². The van der Waals surface area contributed by atoms with Gasteiger partial charge in [-0.25, -0.2) is 0 Å². The lowest BCUT2D eigenvalue weighted by atomic mass is 9.95. The fourth-order valence-electron chi connectivity index (χ4n) is 4.53. The molecule has 2 heterocycles. The van der Waals surface area contributed by atoms with Crippen LogP contribution >= 0.6 is 23.2 Å². The molecule has 1 aromatic heterocycles. The molecule has 4 rings (SSSR count). The third-order valence-electron chi connectivity index (χ3n) is 6.59. The number of benzene rings is 2. The number of carbonyl (C=O) groups is 2. The average Bonchev–Trinajstić information content (AvgIpc) is 3.09. The number of alkyl halides is 2. The summed E-state index contributed by atoms with van der Waals surface area (Å²) in [5.74, 6) is -4.39. The highest BCUT2D eigenvalue weighted by Crippen LogP contribution is 2.36. The number of hydrogen-bond acceptors (Lipinski definition) is 2. The third kappa shape index (κ3) is 4.67. The predicted molar refractivity (Wildman–Crippen MR) is 133 cm³/mol. The van der Waals surface area contributed by atoms with Gasteiger partial charge in [0.25, 0.3) is 11.8 Å². The number of aliphatic carboxylic acids is 1. The summed E-state index contributed by atoms with van der Waals surface area (Å²) < 4.78 is 30.3. The number of hydrogen-bond donors (Lipinski definition) is 1. The van der Waals surface area contributed by atoms with Gasteiger partial charge in [0.05, 0.1) is 17.0 Å². The second-order valence-corrected chi connectivity index (χ2v) is 9.77. The van der Waals surface area contributed by atoms with Gasteiger partial charge in [-0.3, -0.25) is 9.59 Å². The normalized spacial score (nSPS) is 14.3. The van der Waals surface area contributed by atoms with E-state index in [0.29, 0.717) is 46.4 Å². The lowest BCUT2D eigenvalue weighted by Gasteiger charge is -2.38. The first kappa shape index (κ1) is 25.2. The monoisotopic (exact) mass is 520 g/mol. The fourth-order valence-corrected chi connectivity index (χ4v) is 5.12. The van der Waals surface area contributed by atoms with Crippen LogP contribution in [0.25, 0.3) is 10.9 Å². The molecule has 5 nitrogen and oxygen atoms in total. The SMILES string of the molecule is C=CC(F)(F)c1cc(C)c2cc(Cc3c(Cl)ccc(C(=O)N4CC(CC(=O)O)C4)c3Cl)n(C)c2c1. The van der Waals surface area contributed by atoms with E-state index in [1.807, 2.05) is 10.6 Å². The Labute approximate surface area is 211 Å². The number of likely N-dealkylation sites (tertiary alicyclic amines) is 1. The van der Waals surface area contributed by atoms with Crippen molar-refractivity contribution < 1.29 is 23.5 Å². The van der Waals surface area contributed by atoms with Crippen LogP contribution in [-0.4, -0.2) is 39.5 Å².